The highest BCUT2D eigenvalue weighted by atomic mass is 16.5. The second-order valence-electron chi connectivity index (χ2n) is 5.19. The zero-order valence-corrected chi connectivity index (χ0v) is 14.3. The van der Waals surface area contributed by atoms with Gasteiger partial charge in [0.05, 0.1) is 13.3 Å². The first-order valence-corrected chi connectivity index (χ1v) is 8.00. The van der Waals surface area contributed by atoms with Crippen molar-refractivity contribution in [1.29, 1.82) is 0 Å². The van der Waals surface area contributed by atoms with Crippen molar-refractivity contribution >= 4 is 17.8 Å². The molecule has 0 spiro atoms. The Labute approximate surface area is 142 Å². The summed E-state index contributed by atoms with van der Waals surface area (Å²) in [5.41, 5.74) is 5.08. The van der Waals surface area contributed by atoms with Crippen LogP contribution in [-0.4, -0.2) is 32.3 Å². The predicted molar refractivity (Wildman–Crippen MR) is 98.1 cm³/mol. The van der Waals surface area contributed by atoms with Crippen LogP contribution < -0.4 is 15.1 Å². The summed E-state index contributed by atoms with van der Waals surface area (Å²) in [6.07, 6.45) is 1.59. The van der Waals surface area contributed by atoms with Crippen LogP contribution in [0, 0.1) is 0 Å². The zero-order valence-electron chi connectivity index (χ0n) is 14.3. The molecule has 126 valence electrons. The van der Waals surface area contributed by atoms with E-state index in [1.165, 1.54) is 0 Å². The van der Waals surface area contributed by atoms with Gasteiger partial charge in [0.15, 0.2) is 0 Å². The second-order valence-corrected chi connectivity index (χ2v) is 5.19. The Kier molecular flexibility index (Phi) is 6.37. The summed E-state index contributed by atoms with van der Waals surface area (Å²) in [4.78, 5) is 14.3. The Balaban J connectivity index is 1.98. The topological polar surface area (TPSA) is 53.9 Å². The van der Waals surface area contributed by atoms with Crippen LogP contribution in [0.2, 0.25) is 0 Å². The Morgan fingerprint density at radius 3 is 2.50 bits per heavy atom. The van der Waals surface area contributed by atoms with Crippen molar-refractivity contribution in [3.63, 3.8) is 0 Å². The third-order valence-electron chi connectivity index (χ3n) is 3.73. The molecule has 0 radical (unpaired) electrons. The van der Waals surface area contributed by atoms with Crippen molar-refractivity contribution in [2.75, 3.05) is 25.1 Å². The monoisotopic (exact) mass is 325 g/mol. The minimum absolute atomic E-state index is 0.236. The van der Waals surface area contributed by atoms with Gasteiger partial charge in [-0.1, -0.05) is 12.1 Å². The third-order valence-corrected chi connectivity index (χ3v) is 3.73. The van der Waals surface area contributed by atoms with Gasteiger partial charge in [0.25, 0.3) is 5.91 Å². The lowest BCUT2D eigenvalue weighted by Gasteiger charge is -2.20. The molecule has 2 aromatic carbocycles. The first-order valence-electron chi connectivity index (χ1n) is 8.00. The number of carbonyl (C=O) groups excluding carboxylic acids is 1. The first kappa shape index (κ1) is 17.5. The average molecular weight is 325 g/mol. The molecule has 2 rings (SSSR count). The van der Waals surface area contributed by atoms with E-state index in [9.17, 15) is 4.79 Å². The molecule has 5 heteroatoms. The number of amides is 1. The summed E-state index contributed by atoms with van der Waals surface area (Å²) < 4.78 is 5.15. The fraction of sp³-hybridized carbons (Fsp3) is 0.263. The number of carbonyl (C=O) groups is 1. The first-order chi connectivity index (χ1) is 11.7. The summed E-state index contributed by atoms with van der Waals surface area (Å²) in [7, 11) is 1.61. The van der Waals surface area contributed by atoms with Crippen LogP contribution in [-0.2, 0) is 0 Å². The van der Waals surface area contributed by atoms with E-state index in [1.807, 2.05) is 48.5 Å². The Bertz CT molecular complexity index is 692. The molecular weight excluding hydrogens is 302 g/mol. The van der Waals surface area contributed by atoms with Crippen LogP contribution in [0.15, 0.2) is 53.6 Å². The number of rotatable bonds is 7. The molecule has 24 heavy (non-hydrogen) atoms. The van der Waals surface area contributed by atoms with Gasteiger partial charge in [0, 0.05) is 24.3 Å². The molecule has 1 amide bonds. The van der Waals surface area contributed by atoms with Crippen LogP contribution in [0.1, 0.15) is 29.8 Å². The van der Waals surface area contributed by atoms with E-state index in [0.29, 0.717) is 5.56 Å². The van der Waals surface area contributed by atoms with E-state index in [4.69, 9.17) is 4.74 Å². The normalized spacial score (nSPS) is 10.6. The summed E-state index contributed by atoms with van der Waals surface area (Å²) in [6, 6.07) is 15.0. The molecule has 0 aromatic heterocycles. The standard InChI is InChI=1S/C19H23N3O2/c1-4-22(5-2)17-11-9-16(10-12-17)19(23)21-20-14-15-7-6-8-18(13-15)24-3/h6-14H,4-5H2,1-3H3,(H,21,23)/b20-14+. The van der Waals surface area contributed by atoms with Gasteiger partial charge in [0.1, 0.15) is 5.75 Å². The number of benzene rings is 2. The summed E-state index contributed by atoms with van der Waals surface area (Å²) in [6.45, 7) is 6.09. The van der Waals surface area contributed by atoms with Crippen molar-refractivity contribution in [3.8, 4) is 5.75 Å². The van der Waals surface area contributed by atoms with E-state index in [0.717, 1.165) is 30.1 Å². The van der Waals surface area contributed by atoms with Crippen molar-refractivity contribution in [2.24, 2.45) is 5.10 Å². The smallest absolute Gasteiger partial charge is 0.271 e. The van der Waals surface area contributed by atoms with Crippen LogP contribution in [0.3, 0.4) is 0 Å². The highest BCUT2D eigenvalue weighted by Gasteiger charge is 2.06. The molecule has 0 heterocycles. The molecule has 2 aromatic rings. The Hall–Kier alpha value is -2.82. The van der Waals surface area contributed by atoms with Gasteiger partial charge in [-0.2, -0.15) is 5.10 Å². The lowest BCUT2D eigenvalue weighted by atomic mass is 10.2. The van der Waals surface area contributed by atoms with Gasteiger partial charge >= 0.3 is 0 Å². The lowest BCUT2D eigenvalue weighted by molar-refractivity contribution is 0.0955. The number of anilines is 1. The number of ether oxygens (including phenoxy) is 1. The zero-order chi connectivity index (χ0) is 17.4. The summed E-state index contributed by atoms with van der Waals surface area (Å²) in [5.74, 6) is 0.512. The number of hydrazone groups is 1. The van der Waals surface area contributed by atoms with E-state index < -0.39 is 0 Å². The largest absolute Gasteiger partial charge is 0.497 e. The van der Waals surface area contributed by atoms with Crippen LogP contribution >= 0.6 is 0 Å². The molecule has 0 aliphatic rings. The van der Waals surface area contributed by atoms with Crippen molar-refractivity contribution in [3.05, 3.63) is 59.7 Å². The molecule has 5 nitrogen and oxygen atoms in total. The molecule has 0 aliphatic carbocycles. The SMILES string of the molecule is CCN(CC)c1ccc(C(=O)N/N=C/c2cccc(OC)c2)cc1. The number of hydrogen-bond acceptors (Lipinski definition) is 4. The van der Waals surface area contributed by atoms with E-state index in [1.54, 1.807) is 13.3 Å². The van der Waals surface area contributed by atoms with Crippen LogP contribution in [0.4, 0.5) is 5.69 Å². The maximum absolute atomic E-state index is 12.1. The number of nitrogens with zero attached hydrogens (tertiary/aromatic N) is 2. The van der Waals surface area contributed by atoms with Gasteiger partial charge in [-0.05, 0) is 55.8 Å². The van der Waals surface area contributed by atoms with Gasteiger partial charge in [0.2, 0.25) is 0 Å². The van der Waals surface area contributed by atoms with Crippen molar-refractivity contribution < 1.29 is 9.53 Å². The van der Waals surface area contributed by atoms with E-state index >= 15 is 0 Å². The molecule has 0 saturated carbocycles. The van der Waals surface area contributed by atoms with Crippen LogP contribution in [0.5, 0.6) is 5.75 Å². The molecule has 0 fully saturated rings. The Morgan fingerprint density at radius 2 is 1.88 bits per heavy atom. The molecule has 0 atom stereocenters. The number of hydrogen-bond donors (Lipinski definition) is 1. The van der Waals surface area contributed by atoms with Crippen molar-refractivity contribution in [2.45, 2.75) is 13.8 Å². The molecule has 1 N–H and O–H groups in total. The highest BCUT2D eigenvalue weighted by Crippen LogP contribution is 2.15. The van der Waals surface area contributed by atoms with Crippen LogP contribution in [0.25, 0.3) is 0 Å². The maximum atomic E-state index is 12.1. The number of methoxy groups -OCH3 is 1. The number of nitrogens with one attached hydrogen (secondary N) is 1. The molecular formula is C19H23N3O2. The van der Waals surface area contributed by atoms with E-state index in [-0.39, 0.29) is 5.91 Å². The molecule has 0 unspecified atom stereocenters. The van der Waals surface area contributed by atoms with Gasteiger partial charge in [-0.25, -0.2) is 5.43 Å². The molecule has 0 saturated heterocycles. The second kappa shape index (κ2) is 8.72. The average Bonchev–Trinajstić information content (AvgIpc) is 2.63. The van der Waals surface area contributed by atoms with E-state index in [2.05, 4.69) is 29.3 Å². The van der Waals surface area contributed by atoms with Crippen molar-refractivity contribution in [1.82, 2.24) is 5.43 Å². The van der Waals surface area contributed by atoms with Gasteiger partial charge in [-0.15, -0.1) is 0 Å². The fourth-order valence-electron chi connectivity index (χ4n) is 2.36. The van der Waals surface area contributed by atoms with Gasteiger partial charge < -0.3 is 9.64 Å². The Morgan fingerprint density at radius 1 is 1.17 bits per heavy atom. The fourth-order valence-corrected chi connectivity index (χ4v) is 2.36. The summed E-state index contributed by atoms with van der Waals surface area (Å²) in [5, 5.41) is 3.99. The molecule has 0 aliphatic heterocycles. The third kappa shape index (κ3) is 4.59. The molecule has 0 bridgehead atoms. The quantitative estimate of drug-likeness (QED) is 0.628. The predicted octanol–water partition coefficient (Wildman–Crippen LogP) is 3.31. The summed E-state index contributed by atoms with van der Waals surface area (Å²) >= 11 is 0. The minimum atomic E-state index is -0.236. The maximum Gasteiger partial charge on any atom is 0.271 e. The lowest BCUT2D eigenvalue weighted by Crippen LogP contribution is -2.22. The van der Waals surface area contributed by atoms with Gasteiger partial charge in [-0.3, -0.25) is 4.79 Å². The minimum Gasteiger partial charge on any atom is -0.497 e. The highest BCUT2D eigenvalue weighted by molar-refractivity contribution is 5.95.